The number of hydrogen-bond donors (Lipinski definition) is 1. The first-order valence-corrected chi connectivity index (χ1v) is 10.8. The molecule has 5 heteroatoms. The van der Waals surface area contributed by atoms with Crippen LogP contribution in [-0.2, 0) is 14.9 Å². The van der Waals surface area contributed by atoms with Crippen LogP contribution in [0.25, 0.3) is 0 Å². The Labute approximate surface area is 170 Å². The van der Waals surface area contributed by atoms with Gasteiger partial charge in [-0.3, -0.25) is 4.99 Å². The van der Waals surface area contributed by atoms with Gasteiger partial charge >= 0.3 is 0 Å². The quantitative estimate of drug-likeness (QED) is 0.601. The van der Waals surface area contributed by atoms with E-state index in [9.17, 15) is 0 Å². The van der Waals surface area contributed by atoms with E-state index in [1.54, 1.807) is 0 Å². The summed E-state index contributed by atoms with van der Waals surface area (Å²) in [6.45, 7) is 7.65. The van der Waals surface area contributed by atoms with Crippen molar-refractivity contribution in [3.8, 4) is 0 Å². The van der Waals surface area contributed by atoms with Crippen LogP contribution in [0.1, 0.15) is 43.2 Å². The highest BCUT2D eigenvalue weighted by atomic mass is 16.5. The van der Waals surface area contributed by atoms with E-state index >= 15 is 0 Å². The van der Waals surface area contributed by atoms with Crippen molar-refractivity contribution in [2.75, 3.05) is 53.6 Å². The molecular weight excluding hydrogens is 350 g/mol. The molecule has 2 aliphatic rings. The topological polar surface area (TPSA) is 46.1 Å². The summed E-state index contributed by atoms with van der Waals surface area (Å²) >= 11 is 0. The molecule has 1 aromatic carbocycles. The maximum atomic E-state index is 5.69. The molecule has 3 rings (SSSR count). The van der Waals surface area contributed by atoms with Gasteiger partial charge in [-0.1, -0.05) is 24.3 Å². The zero-order valence-corrected chi connectivity index (χ0v) is 17.9. The fraction of sp³-hybridized carbons (Fsp3) is 0.696. The van der Waals surface area contributed by atoms with Crippen molar-refractivity contribution in [2.45, 2.75) is 44.4 Å². The maximum absolute atomic E-state index is 5.69. The molecule has 2 saturated heterocycles. The summed E-state index contributed by atoms with van der Waals surface area (Å²) in [7, 11) is 4.04. The molecule has 0 atom stereocenters. The SMILES string of the molecule is CN=C(NCC1(c2ccccc2C)CCOCC1)N(C)CCC1CCOCC1. The van der Waals surface area contributed by atoms with Gasteiger partial charge in [0.15, 0.2) is 5.96 Å². The Morgan fingerprint density at radius 2 is 1.82 bits per heavy atom. The van der Waals surface area contributed by atoms with E-state index in [-0.39, 0.29) is 5.41 Å². The highest BCUT2D eigenvalue weighted by molar-refractivity contribution is 5.79. The van der Waals surface area contributed by atoms with Crippen molar-refractivity contribution < 1.29 is 9.47 Å². The number of nitrogens with one attached hydrogen (secondary N) is 1. The molecule has 156 valence electrons. The van der Waals surface area contributed by atoms with Crippen LogP contribution in [-0.4, -0.2) is 64.5 Å². The van der Waals surface area contributed by atoms with Crippen molar-refractivity contribution >= 4 is 5.96 Å². The minimum Gasteiger partial charge on any atom is -0.381 e. The van der Waals surface area contributed by atoms with Crippen LogP contribution in [0.3, 0.4) is 0 Å². The second-order valence-electron chi connectivity index (χ2n) is 8.37. The zero-order valence-electron chi connectivity index (χ0n) is 17.9. The van der Waals surface area contributed by atoms with Crippen LogP contribution in [0.2, 0.25) is 0 Å². The van der Waals surface area contributed by atoms with Crippen LogP contribution in [0.5, 0.6) is 0 Å². The number of aliphatic imine (C=N–C) groups is 1. The Morgan fingerprint density at radius 1 is 1.14 bits per heavy atom. The number of benzene rings is 1. The summed E-state index contributed by atoms with van der Waals surface area (Å²) in [5.41, 5.74) is 2.93. The maximum Gasteiger partial charge on any atom is 0.193 e. The summed E-state index contributed by atoms with van der Waals surface area (Å²) in [5, 5.41) is 3.69. The molecule has 2 heterocycles. The van der Waals surface area contributed by atoms with Gasteiger partial charge in [0, 0.05) is 59.0 Å². The minimum atomic E-state index is 0.112. The van der Waals surface area contributed by atoms with Gasteiger partial charge in [0.1, 0.15) is 0 Å². The predicted molar refractivity (Wildman–Crippen MR) is 115 cm³/mol. The second-order valence-corrected chi connectivity index (χ2v) is 8.37. The molecule has 0 saturated carbocycles. The lowest BCUT2D eigenvalue weighted by molar-refractivity contribution is 0.0509. The van der Waals surface area contributed by atoms with Crippen molar-refractivity contribution in [3.05, 3.63) is 35.4 Å². The molecule has 0 bridgehead atoms. The first-order valence-electron chi connectivity index (χ1n) is 10.8. The molecule has 1 N–H and O–H groups in total. The van der Waals surface area contributed by atoms with Crippen LogP contribution >= 0.6 is 0 Å². The van der Waals surface area contributed by atoms with Crippen molar-refractivity contribution in [3.63, 3.8) is 0 Å². The Balaban J connectivity index is 1.61. The van der Waals surface area contributed by atoms with Gasteiger partial charge in [0.2, 0.25) is 0 Å². The first kappa shape index (κ1) is 21.1. The van der Waals surface area contributed by atoms with Crippen LogP contribution < -0.4 is 5.32 Å². The Hall–Kier alpha value is -1.59. The minimum absolute atomic E-state index is 0.112. The summed E-state index contributed by atoms with van der Waals surface area (Å²) < 4.78 is 11.2. The lowest BCUT2D eigenvalue weighted by atomic mass is 9.72. The smallest absolute Gasteiger partial charge is 0.193 e. The number of guanidine groups is 1. The van der Waals surface area contributed by atoms with E-state index in [0.717, 1.165) is 64.2 Å². The van der Waals surface area contributed by atoms with E-state index in [2.05, 4.69) is 53.4 Å². The zero-order chi connectivity index (χ0) is 19.8. The Kier molecular flexibility index (Phi) is 7.74. The number of nitrogens with zero attached hydrogens (tertiary/aromatic N) is 2. The van der Waals surface area contributed by atoms with Crippen molar-refractivity contribution in [2.24, 2.45) is 10.9 Å². The van der Waals surface area contributed by atoms with Crippen LogP contribution in [0.15, 0.2) is 29.3 Å². The number of rotatable bonds is 6. The molecule has 2 fully saturated rings. The fourth-order valence-electron chi connectivity index (χ4n) is 4.62. The predicted octanol–water partition coefficient (Wildman–Crippen LogP) is 3.37. The van der Waals surface area contributed by atoms with Gasteiger partial charge in [-0.15, -0.1) is 0 Å². The normalized spacial score (nSPS) is 20.8. The lowest BCUT2D eigenvalue weighted by Gasteiger charge is -2.40. The average Bonchev–Trinajstić information content (AvgIpc) is 2.74. The summed E-state index contributed by atoms with van der Waals surface area (Å²) in [6.07, 6.45) is 5.69. The molecule has 28 heavy (non-hydrogen) atoms. The highest BCUT2D eigenvalue weighted by Crippen LogP contribution is 2.36. The lowest BCUT2D eigenvalue weighted by Crippen LogP contribution is -2.49. The van der Waals surface area contributed by atoms with Gasteiger partial charge in [-0.2, -0.15) is 0 Å². The summed E-state index contributed by atoms with van der Waals surface area (Å²) in [4.78, 5) is 6.84. The third kappa shape index (κ3) is 5.26. The first-order chi connectivity index (χ1) is 13.6. The molecule has 0 unspecified atom stereocenters. The fourth-order valence-corrected chi connectivity index (χ4v) is 4.62. The molecular formula is C23H37N3O2. The molecule has 0 radical (unpaired) electrons. The molecule has 0 aromatic heterocycles. The molecule has 2 aliphatic heterocycles. The monoisotopic (exact) mass is 387 g/mol. The number of aryl methyl sites for hydroxylation is 1. The van der Waals surface area contributed by atoms with Gasteiger partial charge in [0.05, 0.1) is 0 Å². The Morgan fingerprint density at radius 3 is 2.50 bits per heavy atom. The Bertz CT molecular complexity index is 634. The molecule has 0 amide bonds. The summed E-state index contributed by atoms with van der Waals surface area (Å²) in [5.74, 6) is 1.77. The molecule has 5 nitrogen and oxygen atoms in total. The second kappa shape index (κ2) is 10.3. The third-order valence-corrected chi connectivity index (χ3v) is 6.54. The highest BCUT2D eigenvalue weighted by Gasteiger charge is 2.35. The van der Waals surface area contributed by atoms with Gasteiger partial charge < -0.3 is 19.7 Å². The van der Waals surface area contributed by atoms with E-state index in [0.29, 0.717) is 0 Å². The van der Waals surface area contributed by atoms with Gasteiger partial charge in [-0.05, 0) is 56.1 Å². The van der Waals surface area contributed by atoms with E-state index in [4.69, 9.17) is 9.47 Å². The standard InChI is InChI=1S/C23H37N3O2/c1-19-6-4-5-7-21(19)23(11-16-28-17-12-23)18-25-22(24-2)26(3)13-8-20-9-14-27-15-10-20/h4-7,20H,8-18H2,1-3H3,(H,24,25). The number of hydrogen-bond acceptors (Lipinski definition) is 3. The third-order valence-electron chi connectivity index (χ3n) is 6.54. The van der Waals surface area contributed by atoms with Crippen molar-refractivity contribution in [1.82, 2.24) is 10.2 Å². The van der Waals surface area contributed by atoms with E-state index in [1.165, 1.54) is 30.4 Å². The molecule has 0 spiro atoms. The van der Waals surface area contributed by atoms with E-state index in [1.807, 2.05) is 7.05 Å². The van der Waals surface area contributed by atoms with Gasteiger partial charge in [0.25, 0.3) is 0 Å². The summed E-state index contributed by atoms with van der Waals surface area (Å²) in [6, 6.07) is 8.80. The van der Waals surface area contributed by atoms with Crippen LogP contribution in [0, 0.1) is 12.8 Å². The number of ether oxygens (including phenoxy) is 2. The van der Waals surface area contributed by atoms with E-state index < -0.39 is 0 Å². The average molecular weight is 388 g/mol. The van der Waals surface area contributed by atoms with Gasteiger partial charge in [-0.25, -0.2) is 0 Å². The van der Waals surface area contributed by atoms with Crippen molar-refractivity contribution in [1.29, 1.82) is 0 Å². The molecule has 1 aromatic rings. The molecule has 0 aliphatic carbocycles. The largest absolute Gasteiger partial charge is 0.381 e. The van der Waals surface area contributed by atoms with Crippen LogP contribution in [0.4, 0.5) is 0 Å².